The second kappa shape index (κ2) is 6.50. The first-order chi connectivity index (χ1) is 9.58. The Labute approximate surface area is 128 Å². The fourth-order valence-corrected chi connectivity index (χ4v) is 1.44. The molecule has 0 unspecified atom stereocenters. The van der Waals surface area contributed by atoms with Crippen LogP contribution in [-0.2, 0) is 4.79 Å². The molecule has 21 heavy (non-hydrogen) atoms. The van der Waals surface area contributed by atoms with E-state index < -0.39 is 5.41 Å². The normalized spacial score (nSPS) is 12.4. The number of hydrogen-bond acceptors (Lipinski definition) is 3. The minimum absolute atomic E-state index is 0.197. The van der Waals surface area contributed by atoms with Gasteiger partial charge in [0, 0.05) is 0 Å². The third-order valence-corrected chi connectivity index (χ3v) is 4.25. The lowest BCUT2D eigenvalue weighted by molar-refractivity contribution is -0.146. The van der Waals surface area contributed by atoms with Crippen molar-refractivity contribution >= 4 is 5.97 Å². The summed E-state index contributed by atoms with van der Waals surface area (Å²) in [7, 11) is 0. The Morgan fingerprint density at radius 2 is 1.52 bits per heavy atom. The van der Waals surface area contributed by atoms with Gasteiger partial charge in [0.1, 0.15) is 17.1 Å². The fraction of sp³-hybridized carbons (Fsp3) is 0.611. The van der Waals surface area contributed by atoms with Crippen LogP contribution in [0, 0.1) is 11.3 Å². The fourth-order valence-electron chi connectivity index (χ4n) is 1.44. The summed E-state index contributed by atoms with van der Waals surface area (Å²) in [6.45, 7) is 14.0. The largest absolute Gasteiger partial charge is 0.488 e. The van der Waals surface area contributed by atoms with Crippen LogP contribution in [0.3, 0.4) is 0 Å². The van der Waals surface area contributed by atoms with Crippen LogP contribution in [0.4, 0.5) is 0 Å². The van der Waals surface area contributed by atoms with Crippen molar-refractivity contribution in [3.63, 3.8) is 0 Å². The summed E-state index contributed by atoms with van der Waals surface area (Å²) in [5, 5.41) is 0. The van der Waals surface area contributed by atoms with Gasteiger partial charge in [0.2, 0.25) is 0 Å². The van der Waals surface area contributed by atoms with Crippen LogP contribution in [0.1, 0.15) is 54.9 Å². The molecule has 1 aromatic rings. The molecule has 0 atom stereocenters. The summed E-state index contributed by atoms with van der Waals surface area (Å²) < 4.78 is 11.3. The first-order valence-electron chi connectivity index (χ1n) is 7.60. The minimum atomic E-state index is -0.501. The molecule has 118 valence electrons. The smallest absolute Gasteiger partial charge is 0.317 e. The van der Waals surface area contributed by atoms with Crippen LogP contribution in [0.2, 0.25) is 0 Å². The predicted octanol–water partition coefficient (Wildman–Crippen LogP) is 4.84. The maximum absolute atomic E-state index is 12.2. The van der Waals surface area contributed by atoms with Crippen molar-refractivity contribution < 1.29 is 14.3 Å². The molecule has 0 aromatic heterocycles. The lowest BCUT2D eigenvalue weighted by Gasteiger charge is -2.27. The van der Waals surface area contributed by atoms with E-state index in [9.17, 15) is 4.79 Å². The van der Waals surface area contributed by atoms with Crippen LogP contribution in [0.15, 0.2) is 24.3 Å². The van der Waals surface area contributed by atoms with E-state index in [1.165, 1.54) is 0 Å². The van der Waals surface area contributed by atoms with E-state index in [0.29, 0.717) is 5.75 Å². The van der Waals surface area contributed by atoms with E-state index in [4.69, 9.17) is 9.47 Å². The highest BCUT2D eigenvalue weighted by atomic mass is 16.5. The number of hydrogen-bond donors (Lipinski definition) is 0. The molecule has 0 amide bonds. The maximum atomic E-state index is 12.2. The van der Waals surface area contributed by atoms with Gasteiger partial charge in [0.25, 0.3) is 0 Å². The third kappa shape index (κ3) is 4.76. The molecule has 3 nitrogen and oxygen atoms in total. The molecule has 0 radical (unpaired) electrons. The van der Waals surface area contributed by atoms with Gasteiger partial charge in [-0.2, -0.15) is 0 Å². The Bertz CT molecular complexity index is 470. The number of ether oxygens (including phenoxy) is 2. The lowest BCUT2D eigenvalue weighted by Crippen LogP contribution is -2.33. The van der Waals surface area contributed by atoms with E-state index >= 15 is 0 Å². The number of rotatable bonds is 6. The summed E-state index contributed by atoms with van der Waals surface area (Å²) in [5.41, 5.74) is -0.697. The quantitative estimate of drug-likeness (QED) is 0.556. The molecule has 0 saturated carbocycles. The molecule has 0 N–H and O–H groups in total. The van der Waals surface area contributed by atoms with Crippen molar-refractivity contribution in [2.45, 2.75) is 60.5 Å². The highest BCUT2D eigenvalue weighted by Gasteiger charge is 2.33. The molecular weight excluding hydrogens is 264 g/mol. The molecule has 0 fully saturated rings. The van der Waals surface area contributed by atoms with Gasteiger partial charge in [0.05, 0.1) is 5.41 Å². The van der Waals surface area contributed by atoms with Gasteiger partial charge in [-0.05, 0) is 64.3 Å². The standard InChI is InChI=1S/C18H28O3/c1-8-17(4,5)21-15-11-9-14(10-12-15)20-16(19)18(6,7)13(2)3/h9-13H,8H2,1-7H3. The van der Waals surface area contributed by atoms with E-state index in [-0.39, 0.29) is 17.5 Å². The number of carbonyl (C=O) groups is 1. The summed E-state index contributed by atoms with van der Waals surface area (Å²) in [6.07, 6.45) is 0.923. The molecule has 1 rings (SSSR count). The van der Waals surface area contributed by atoms with Crippen molar-refractivity contribution in [3.05, 3.63) is 24.3 Å². The Morgan fingerprint density at radius 3 is 1.95 bits per heavy atom. The van der Waals surface area contributed by atoms with Crippen LogP contribution in [-0.4, -0.2) is 11.6 Å². The first kappa shape index (κ1) is 17.5. The third-order valence-electron chi connectivity index (χ3n) is 4.25. The van der Waals surface area contributed by atoms with Crippen LogP contribution in [0.5, 0.6) is 11.5 Å². The van der Waals surface area contributed by atoms with Gasteiger partial charge >= 0.3 is 5.97 Å². The Balaban J connectivity index is 2.74. The Kier molecular flexibility index (Phi) is 5.43. The topological polar surface area (TPSA) is 35.5 Å². The van der Waals surface area contributed by atoms with Crippen LogP contribution >= 0.6 is 0 Å². The first-order valence-corrected chi connectivity index (χ1v) is 7.60. The minimum Gasteiger partial charge on any atom is -0.488 e. The summed E-state index contributed by atoms with van der Waals surface area (Å²) in [4.78, 5) is 12.2. The van der Waals surface area contributed by atoms with Crippen molar-refractivity contribution in [1.82, 2.24) is 0 Å². The summed E-state index contributed by atoms with van der Waals surface area (Å²) in [5.74, 6) is 1.35. The SMILES string of the molecule is CCC(C)(C)Oc1ccc(OC(=O)C(C)(C)C(C)C)cc1. The van der Waals surface area contributed by atoms with Gasteiger partial charge < -0.3 is 9.47 Å². The van der Waals surface area contributed by atoms with Crippen molar-refractivity contribution in [1.29, 1.82) is 0 Å². The van der Waals surface area contributed by atoms with Crippen LogP contribution in [0.25, 0.3) is 0 Å². The van der Waals surface area contributed by atoms with E-state index in [0.717, 1.165) is 12.2 Å². The Morgan fingerprint density at radius 1 is 1.05 bits per heavy atom. The molecule has 3 heteroatoms. The van der Waals surface area contributed by atoms with Gasteiger partial charge in [-0.3, -0.25) is 4.79 Å². The molecular formula is C18H28O3. The zero-order chi connectivity index (χ0) is 16.3. The zero-order valence-corrected chi connectivity index (χ0v) is 14.3. The monoisotopic (exact) mass is 292 g/mol. The van der Waals surface area contributed by atoms with Crippen molar-refractivity contribution in [3.8, 4) is 11.5 Å². The van der Waals surface area contributed by atoms with Gasteiger partial charge in [-0.1, -0.05) is 20.8 Å². The number of carbonyl (C=O) groups excluding carboxylic acids is 1. The molecule has 1 aromatic carbocycles. The predicted molar refractivity (Wildman–Crippen MR) is 85.7 cm³/mol. The lowest BCUT2D eigenvalue weighted by atomic mass is 9.81. The second-order valence-electron chi connectivity index (χ2n) is 6.95. The average Bonchev–Trinajstić information content (AvgIpc) is 2.40. The Hall–Kier alpha value is -1.51. The number of benzene rings is 1. The van der Waals surface area contributed by atoms with E-state index in [1.807, 2.05) is 53.7 Å². The molecule has 0 saturated heterocycles. The average molecular weight is 292 g/mol. The highest BCUT2D eigenvalue weighted by Crippen LogP contribution is 2.29. The second-order valence-corrected chi connectivity index (χ2v) is 6.95. The molecule has 0 spiro atoms. The van der Waals surface area contributed by atoms with Crippen molar-refractivity contribution in [2.24, 2.45) is 11.3 Å². The molecule has 0 heterocycles. The molecule has 0 aliphatic rings. The molecule has 0 aliphatic heterocycles. The van der Waals surface area contributed by atoms with Crippen LogP contribution < -0.4 is 9.47 Å². The summed E-state index contributed by atoms with van der Waals surface area (Å²) in [6, 6.07) is 7.22. The van der Waals surface area contributed by atoms with Crippen molar-refractivity contribution in [2.75, 3.05) is 0 Å². The zero-order valence-electron chi connectivity index (χ0n) is 14.3. The number of esters is 1. The van der Waals surface area contributed by atoms with E-state index in [2.05, 4.69) is 6.92 Å². The molecule has 0 bridgehead atoms. The van der Waals surface area contributed by atoms with E-state index in [1.54, 1.807) is 12.1 Å². The maximum Gasteiger partial charge on any atom is 0.317 e. The van der Waals surface area contributed by atoms with Gasteiger partial charge in [-0.15, -0.1) is 0 Å². The summed E-state index contributed by atoms with van der Waals surface area (Å²) >= 11 is 0. The van der Waals surface area contributed by atoms with Gasteiger partial charge in [-0.25, -0.2) is 0 Å². The highest BCUT2D eigenvalue weighted by molar-refractivity contribution is 5.78. The molecule has 0 aliphatic carbocycles. The van der Waals surface area contributed by atoms with Gasteiger partial charge in [0.15, 0.2) is 0 Å².